The second kappa shape index (κ2) is 6.18. The van der Waals surface area contributed by atoms with Crippen LogP contribution in [-0.4, -0.2) is 48.6 Å². The first-order valence-electron chi connectivity index (χ1n) is 6.65. The van der Waals surface area contributed by atoms with Crippen LogP contribution in [0.2, 0.25) is 0 Å². The maximum absolute atomic E-state index is 12.6. The van der Waals surface area contributed by atoms with E-state index in [1.165, 1.54) is 0 Å². The number of carbonyl (C=O) groups is 2. The summed E-state index contributed by atoms with van der Waals surface area (Å²) in [7, 11) is 1.62. The summed E-state index contributed by atoms with van der Waals surface area (Å²) in [5.41, 5.74) is -0.726. The Hall–Kier alpha value is -1.10. The van der Waals surface area contributed by atoms with E-state index in [4.69, 9.17) is 4.74 Å². The molecule has 1 aliphatic rings. The van der Waals surface area contributed by atoms with Gasteiger partial charge in [-0.1, -0.05) is 20.8 Å². The monoisotopic (exact) mass is 256 g/mol. The molecule has 0 aromatic heterocycles. The zero-order chi connectivity index (χ0) is 13.8. The molecule has 1 unspecified atom stereocenters. The van der Waals surface area contributed by atoms with E-state index in [2.05, 4.69) is 5.32 Å². The minimum absolute atomic E-state index is 0.0222. The van der Waals surface area contributed by atoms with Gasteiger partial charge in [0, 0.05) is 7.11 Å². The summed E-state index contributed by atoms with van der Waals surface area (Å²) in [5, 5.41) is 2.86. The van der Waals surface area contributed by atoms with E-state index in [0.29, 0.717) is 19.4 Å². The van der Waals surface area contributed by atoms with Gasteiger partial charge in [-0.15, -0.1) is 0 Å². The van der Waals surface area contributed by atoms with Crippen molar-refractivity contribution in [3.8, 4) is 0 Å². The zero-order valence-corrected chi connectivity index (χ0v) is 11.8. The van der Waals surface area contributed by atoms with Crippen molar-refractivity contribution in [2.75, 3.05) is 20.3 Å². The minimum Gasteiger partial charge on any atom is -0.383 e. The standard InChI is InChI=1S/C13H24N2O3/c1-5-10(9-18-4)15-8-11(16)14-13(6-2,7-3)12(15)17/h10H,5-9H2,1-4H3,(H,14,16). The number of ether oxygens (including phenoxy) is 1. The van der Waals surface area contributed by atoms with Crippen LogP contribution in [0.1, 0.15) is 40.0 Å². The van der Waals surface area contributed by atoms with E-state index in [1.54, 1.807) is 12.0 Å². The fourth-order valence-corrected chi connectivity index (χ4v) is 2.51. The number of carbonyl (C=O) groups excluding carboxylic acids is 2. The lowest BCUT2D eigenvalue weighted by Crippen LogP contribution is -2.68. The van der Waals surface area contributed by atoms with Crippen LogP contribution in [0.3, 0.4) is 0 Å². The highest BCUT2D eigenvalue weighted by Crippen LogP contribution is 2.24. The summed E-state index contributed by atoms with van der Waals surface area (Å²) in [6.07, 6.45) is 2.03. The van der Waals surface area contributed by atoms with Crippen LogP contribution in [0.4, 0.5) is 0 Å². The van der Waals surface area contributed by atoms with Crippen LogP contribution in [-0.2, 0) is 14.3 Å². The van der Waals surface area contributed by atoms with Gasteiger partial charge in [0.1, 0.15) is 12.1 Å². The van der Waals surface area contributed by atoms with Crippen molar-refractivity contribution in [2.45, 2.75) is 51.6 Å². The number of nitrogens with zero attached hydrogens (tertiary/aromatic N) is 1. The van der Waals surface area contributed by atoms with Gasteiger partial charge in [0.15, 0.2) is 0 Å². The van der Waals surface area contributed by atoms with Crippen molar-refractivity contribution in [1.29, 1.82) is 0 Å². The molecule has 2 amide bonds. The molecule has 5 nitrogen and oxygen atoms in total. The van der Waals surface area contributed by atoms with Crippen molar-refractivity contribution >= 4 is 11.8 Å². The van der Waals surface area contributed by atoms with Gasteiger partial charge in [0.05, 0.1) is 12.6 Å². The third-order valence-corrected chi connectivity index (χ3v) is 3.84. The van der Waals surface area contributed by atoms with Crippen LogP contribution >= 0.6 is 0 Å². The van der Waals surface area contributed by atoms with Crippen molar-refractivity contribution in [1.82, 2.24) is 10.2 Å². The van der Waals surface area contributed by atoms with Gasteiger partial charge in [-0.2, -0.15) is 0 Å². The Balaban J connectivity index is 2.97. The van der Waals surface area contributed by atoms with Gasteiger partial charge >= 0.3 is 0 Å². The fourth-order valence-electron chi connectivity index (χ4n) is 2.51. The topological polar surface area (TPSA) is 58.6 Å². The largest absolute Gasteiger partial charge is 0.383 e. The molecule has 0 spiro atoms. The lowest BCUT2D eigenvalue weighted by Gasteiger charge is -2.44. The van der Waals surface area contributed by atoms with Crippen LogP contribution in [0.5, 0.6) is 0 Å². The van der Waals surface area contributed by atoms with E-state index in [0.717, 1.165) is 6.42 Å². The third kappa shape index (κ3) is 2.66. The summed E-state index contributed by atoms with van der Waals surface area (Å²) in [4.78, 5) is 26.1. The summed E-state index contributed by atoms with van der Waals surface area (Å²) in [6.45, 7) is 6.48. The molecule has 5 heteroatoms. The van der Waals surface area contributed by atoms with Gasteiger partial charge in [0.25, 0.3) is 0 Å². The van der Waals surface area contributed by atoms with E-state index in [9.17, 15) is 9.59 Å². The molecule has 0 radical (unpaired) electrons. The van der Waals surface area contributed by atoms with Crippen molar-refractivity contribution < 1.29 is 14.3 Å². The van der Waals surface area contributed by atoms with Crippen LogP contribution in [0.25, 0.3) is 0 Å². The molecule has 18 heavy (non-hydrogen) atoms. The number of nitrogens with one attached hydrogen (secondary N) is 1. The molecule has 1 rings (SSSR count). The zero-order valence-electron chi connectivity index (χ0n) is 11.8. The van der Waals surface area contributed by atoms with Gasteiger partial charge < -0.3 is 15.0 Å². The second-order valence-electron chi connectivity index (χ2n) is 4.79. The third-order valence-electron chi connectivity index (χ3n) is 3.84. The molecular weight excluding hydrogens is 232 g/mol. The van der Waals surface area contributed by atoms with Crippen LogP contribution in [0, 0.1) is 0 Å². The van der Waals surface area contributed by atoms with Crippen molar-refractivity contribution in [3.05, 3.63) is 0 Å². The van der Waals surface area contributed by atoms with Gasteiger partial charge in [-0.25, -0.2) is 0 Å². The quantitative estimate of drug-likeness (QED) is 0.769. The van der Waals surface area contributed by atoms with E-state index >= 15 is 0 Å². The number of methoxy groups -OCH3 is 1. The first-order valence-corrected chi connectivity index (χ1v) is 6.65. The summed E-state index contributed by atoms with van der Waals surface area (Å²) < 4.78 is 5.14. The second-order valence-corrected chi connectivity index (χ2v) is 4.79. The lowest BCUT2D eigenvalue weighted by molar-refractivity contribution is -0.154. The Morgan fingerprint density at radius 3 is 2.39 bits per heavy atom. The normalized spacial score (nSPS) is 20.8. The highest BCUT2D eigenvalue weighted by Gasteiger charge is 2.45. The molecule has 1 N–H and O–H groups in total. The van der Waals surface area contributed by atoms with E-state index in [-0.39, 0.29) is 24.4 Å². The summed E-state index contributed by atoms with van der Waals surface area (Å²) in [6, 6.07) is -0.0222. The molecular formula is C13H24N2O3. The Morgan fingerprint density at radius 1 is 1.33 bits per heavy atom. The van der Waals surface area contributed by atoms with Crippen molar-refractivity contribution in [3.63, 3.8) is 0 Å². The average Bonchev–Trinajstić information content (AvgIpc) is 2.38. The maximum atomic E-state index is 12.6. The number of amides is 2. The van der Waals surface area contributed by atoms with Crippen LogP contribution in [0.15, 0.2) is 0 Å². The predicted molar refractivity (Wildman–Crippen MR) is 69.1 cm³/mol. The van der Waals surface area contributed by atoms with Gasteiger partial charge in [-0.3, -0.25) is 9.59 Å². The first kappa shape index (κ1) is 15.0. The molecule has 0 saturated carbocycles. The van der Waals surface area contributed by atoms with E-state index in [1.807, 2.05) is 20.8 Å². The lowest BCUT2D eigenvalue weighted by atomic mass is 9.88. The number of hydrogen-bond acceptors (Lipinski definition) is 3. The number of hydrogen-bond donors (Lipinski definition) is 1. The summed E-state index contributed by atoms with van der Waals surface area (Å²) >= 11 is 0. The molecule has 0 aromatic rings. The molecule has 1 saturated heterocycles. The molecule has 104 valence electrons. The Labute approximate surface area is 109 Å². The minimum atomic E-state index is -0.726. The molecule has 0 bridgehead atoms. The highest BCUT2D eigenvalue weighted by atomic mass is 16.5. The van der Waals surface area contributed by atoms with E-state index < -0.39 is 5.54 Å². The highest BCUT2D eigenvalue weighted by molar-refractivity contribution is 5.98. The SMILES string of the molecule is CCC(COC)N1CC(=O)NC(CC)(CC)C1=O. The molecule has 1 aliphatic heterocycles. The molecule has 0 aliphatic carbocycles. The first-order chi connectivity index (χ1) is 8.54. The Morgan fingerprint density at radius 2 is 1.94 bits per heavy atom. The number of rotatable bonds is 6. The molecule has 1 atom stereocenters. The van der Waals surface area contributed by atoms with Gasteiger partial charge in [-0.05, 0) is 19.3 Å². The number of piperazine rings is 1. The Kier molecular flexibility index (Phi) is 5.14. The average molecular weight is 256 g/mol. The Bertz CT molecular complexity index is 313. The molecule has 0 aromatic carbocycles. The van der Waals surface area contributed by atoms with Crippen molar-refractivity contribution in [2.24, 2.45) is 0 Å². The summed E-state index contributed by atoms with van der Waals surface area (Å²) in [5.74, 6) is -0.0520. The van der Waals surface area contributed by atoms with Crippen LogP contribution < -0.4 is 5.32 Å². The molecule has 1 heterocycles. The van der Waals surface area contributed by atoms with Gasteiger partial charge in [0.2, 0.25) is 11.8 Å². The predicted octanol–water partition coefficient (Wildman–Crippen LogP) is 0.929. The maximum Gasteiger partial charge on any atom is 0.249 e. The molecule has 1 fully saturated rings. The fraction of sp³-hybridized carbons (Fsp3) is 0.846. The smallest absolute Gasteiger partial charge is 0.249 e.